The maximum Gasteiger partial charge on any atom is 0.336 e. The Morgan fingerprint density at radius 3 is 2.57 bits per heavy atom. The molecule has 1 aromatic heterocycles. The van der Waals surface area contributed by atoms with Crippen LogP contribution < -0.4 is 11.5 Å². The second-order valence-corrected chi connectivity index (χ2v) is 5.37. The lowest BCUT2D eigenvalue weighted by Gasteiger charge is -2.06. The van der Waals surface area contributed by atoms with Crippen LogP contribution in [0.4, 0.5) is 0 Å². The van der Waals surface area contributed by atoms with Gasteiger partial charge in [0.2, 0.25) is 0 Å². The van der Waals surface area contributed by atoms with Gasteiger partial charge in [0, 0.05) is 23.6 Å². The summed E-state index contributed by atoms with van der Waals surface area (Å²) in [7, 11) is 0. The molecule has 0 aliphatic rings. The predicted molar refractivity (Wildman–Crippen MR) is 84.7 cm³/mol. The van der Waals surface area contributed by atoms with Crippen LogP contribution in [0.15, 0.2) is 18.3 Å². The molecule has 0 aliphatic heterocycles. The van der Waals surface area contributed by atoms with E-state index in [1.54, 1.807) is 6.07 Å². The van der Waals surface area contributed by atoms with Gasteiger partial charge in [-0.05, 0) is 62.5 Å². The molecule has 0 bridgehead atoms. The fraction of sp³-hybridized carbons (Fsp3) is 0.438. The van der Waals surface area contributed by atoms with Crippen LogP contribution in [0.3, 0.4) is 0 Å². The molecule has 0 amide bonds. The van der Waals surface area contributed by atoms with Crippen molar-refractivity contribution < 1.29 is 9.90 Å². The molecule has 5 heteroatoms. The fourth-order valence-electron chi connectivity index (χ4n) is 2.69. The van der Waals surface area contributed by atoms with Gasteiger partial charge in [-0.1, -0.05) is 0 Å². The van der Waals surface area contributed by atoms with Crippen molar-refractivity contribution in [3.8, 4) is 0 Å². The molecule has 21 heavy (non-hydrogen) atoms. The minimum atomic E-state index is -0.885. The standard InChI is InChI=1S/C16H23N3O2/c1-11-8-14-12(4-2-5-17)10-19(7-3-6-18)15(14)9-13(11)16(20)21/h8-10H,2-7,17-18H2,1H3,(H,20,21). The minimum Gasteiger partial charge on any atom is -0.478 e. The summed E-state index contributed by atoms with van der Waals surface area (Å²) in [6.07, 6.45) is 4.82. The molecular formula is C16H23N3O2. The summed E-state index contributed by atoms with van der Waals surface area (Å²) < 4.78 is 2.11. The van der Waals surface area contributed by atoms with Crippen molar-refractivity contribution in [3.05, 3.63) is 35.0 Å². The van der Waals surface area contributed by atoms with Gasteiger partial charge >= 0.3 is 5.97 Å². The zero-order chi connectivity index (χ0) is 15.4. The highest BCUT2D eigenvalue weighted by molar-refractivity contribution is 5.96. The third-order valence-corrected chi connectivity index (χ3v) is 3.79. The van der Waals surface area contributed by atoms with Crippen molar-refractivity contribution >= 4 is 16.9 Å². The molecule has 5 N–H and O–H groups in total. The number of aromatic carboxylic acids is 1. The van der Waals surface area contributed by atoms with Crippen LogP contribution in [0.5, 0.6) is 0 Å². The van der Waals surface area contributed by atoms with Crippen LogP contribution in [0.2, 0.25) is 0 Å². The van der Waals surface area contributed by atoms with Gasteiger partial charge in [0.15, 0.2) is 0 Å². The van der Waals surface area contributed by atoms with Crippen molar-refractivity contribution in [3.63, 3.8) is 0 Å². The molecule has 0 aliphatic carbocycles. The maximum atomic E-state index is 11.3. The Bertz CT molecular complexity index is 646. The predicted octanol–water partition coefficient (Wildman–Crippen LogP) is 1.89. The summed E-state index contributed by atoms with van der Waals surface area (Å²) in [5.74, 6) is -0.885. The second kappa shape index (κ2) is 6.74. The zero-order valence-corrected chi connectivity index (χ0v) is 12.4. The molecule has 0 atom stereocenters. The highest BCUT2D eigenvalue weighted by Crippen LogP contribution is 2.26. The van der Waals surface area contributed by atoms with E-state index < -0.39 is 5.97 Å². The third-order valence-electron chi connectivity index (χ3n) is 3.79. The molecule has 1 aromatic carbocycles. The van der Waals surface area contributed by atoms with Gasteiger partial charge in [-0.25, -0.2) is 4.79 Å². The first-order valence-electron chi connectivity index (χ1n) is 7.34. The molecule has 0 fully saturated rings. The highest BCUT2D eigenvalue weighted by atomic mass is 16.4. The van der Waals surface area contributed by atoms with E-state index in [0.29, 0.717) is 18.7 Å². The molecule has 0 unspecified atom stereocenters. The first-order chi connectivity index (χ1) is 10.1. The highest BCUT2D eigenvalue weighted by Gasteiger charge is 2.14. The van der Waals surface area contributed by atoms with E-state index in [1.165, 1.54) is 5.56 Å². The average molecular weight is 289 g/mol. The molecule has 2 aromatic rings. The molecular weight excluding hydrogens is 266 g/mol. The van der Waals surface area contributed by atoms with Crippen molar-refractivity contribution in [1.29, 1.82) is 0 Å². The molecule has 114 valence electrons. The SMILES string of the molecule is Cc1cc2c(CCCN)cn(CCCN)c2cc1C(=O)O. The van der Waals surface area contributed by atoms with Crippen LogP contribution in [0, 0.1) is 6.92 Å². The Kier molecular flexibility index (Phi) is 4.98. The second-order valence-electron chi connectivity index (χ2n) is 5.37. The fourth-order valence-corrected chi connectivity index (χ4v) is 2.69. The van der Waals surface area contributed by atoms with Gasteiger partial charge in [-0.3, -0.25) is 0 Å². The van der Waals surface area contributed by atoms with E-state index in [-0.39, 0.29) is 0 Å². The van der Waals surface area contributed by atoms with E-state index in [4.69, 9.17) is 11.5 Å². The van der Waals surface area contributed by atoms with Crippen LogP contribution >= 0.6 is 0 Å². The summed E-state index contributed by atoms with van der Waals surface area (Å²) in [5, 5.41) is 10.4. The summed E-state index contributed by atoms with van der Waals surface area (Å²) in [6, 6.07) is 3.75. The van der Waals surface area contributed by atoms with E-state index in [0.717, 1.165) is 42.3 Å². The minimum absolute atomic E-state index is 0.361. The quantitative estimate of drug-likeness (QED) is 0.725. The van der Waals surface area contributed by atoms with E-state index >= 15 is 0 Å². The smallest absolute Gasteiger partial charge is 0.336 e. The summed E-state index contributed by atoms with van der Waals surface area (Å²) in [6.45, 7) is 3.92. The molecule has 5 nitrogen and oxygen atoms in total. The van der Waals surface area contributed by atoms with Crippen molar-refractivity contribution in [2.75, 3.05) is 13.1 Å². The number of carboxylic acid groups (broad SMARTS) is 1. The van der Waals surface area contributed by atoms with Gasteiger partial charge in [0.25, 0.3) is 0 Å². The largest absolute Gasteiger partial charge is 0.478 e. The number of carboxylic acids is 1. The normalized spacial score (nSPS) is 11.2. The number of hydrogen-bond donors (Lipinski definition) is 3. The Balaban J connectivity index is 2.54. The Morgan fingerprint density at radius 1 is 1.24 bits per heavy atom. The lowest BCUT2D eigenvalue weighted by Crippen LogP contribution is -2.05. The first-order valence-corrected chi connectivity index (χ1v) is 7.34. The van der Waals surface area contributed by atoms with Crippen LogP contribution in [0.25, 0.3) is 10.9 Å². The number of aryl methyl sites for hydroxylation is 3. The van der Waals surface area contributed by atoms with E-state index in [1.807, 2.05) is 13.0 Å². The first kappa shape index (κ1) is 15.5. The number of benzene rings is 1. The molecule has 0 saturated carbocycles. The molecule has 0 spiro atoms. The van der Waals surface area contributed by atoms with Gasteiger partial charge in [-0.2, -0.15) is 0 Å². The van der Waals surface area contributed by atoms with E-state index in [9.17, 15) is 9.90 Å². The maximum absolute atomic E-state index is 11.3. The lowest BCUT2D eigenvalue weighted by molar-refractivity contribution is 0.0696. The molecule has 0 saturated heterocycles. The number of nitrogens with zero attached hydrogens (tertiary/aromatic N) is 1. The van der Waals surface area contributed by atoms with Gasteiger partial charge in [0.05, 0.1) is 5.56 Å². The van der Waals surface area contributed by atoms with E-state index in [2.05, 4.69) is 10.8 Å². The van der Waals surface area contributed by atoms with Gasteiger partial charge in [-0.15, -0.1) is 0 Å². The number of hydrogen-bond acceptors (Lipinski definition) is 3. The Hall–Kier alpha value is -1.85. The third kappa shape index (κ3) is 3.25. The Morgan fingerprint density at radius 2 is 1.95 bits per heavy atom. The molecule has 2 rings (SSSR count). The number of rotatable bonds is 7. The number of carbonyl (C=O) groups is 1. The van der Waals surface area contributed by atoms with Crippen LogP contribution in [-0.2, 0) is 13.0 Å². The zero-order valence-electron chi connectivity index (χ0n) is 12.4. The van der Waals surface area contributed by atoms with Gasteiger partial charge < -0.3 is 21.1 Å². The van der Waals surface area contributed by atoms with Crippen LogP contribution in [-0.4, -0.2) is 28.7 Å². The number of aromatic nitrogens is 1. The lowest BCUT2D eigenvalue weighted by atomic mass is 10.0. The Labute approximate surface area is 124 Å². The van der Waals surface area contributed by atoms with Crippen molar-refractivity contribution in [2.24, 2.45) is 11.5 Å². The number of fused-ring (bicyclic) bond motifs is 1. The molecule has 1 heterocycles. The monoisotopic (exact) mass is 289 g/mol. The van der Waals surface area contributed by atoms with Crippen molar-refractivity contribution in [1.82, 2.24) is 4.57 Å². The van der Waals surface area contributed by atoms with Crippen LogP contribution in [0.1, 0.15) is 34.3 Å². The van der Waals surface area contributed by atoms with Crippen molar-refractivity contribution in [2.45, 2.75) is 32.7 Å². The number of nitrogens with two attached hydrogens (primary N) is 2. The summed E-state index contributed by atoms with van der Waals surface area (Å²) in [5.41, 5.74) is 14.5. The average Bonchev–Trinajstić information content (AvgIpc) is 2.78. The van der Waals surface area contributed by atoms with Gasteiger partial charge in [0.1, 0.15) is 0 Å². The topological polar surface area (TPSA) is 94.3 Å². The summed E-state index contributed by atoms with van der Waals surface area (Å²) >= 11 is 0. The summed E-state index contributed by atoms with van der Waals surface area (Å²) in [4.78, 5) is 11.3. The molecule has 0 radical (unpaired) electrons.